The molecule has 188 valence electrons. The van der Waals surface area contributed by atoms with Crippen molar-refractivity contribution < 1.29 is 18.4 Å². The molecule has 0 aromatic heterocycles. The first-order valence-corrected chi connectivity index (χ1v) is 11.4. The minimum atomic E-state index is -0.717. The third-order valence-electron chi connectivity index (χ3n) is 5.27. The number of carbonyl (C=O) groups excluding carboxylic acids is 2. The van der Waals surface area contributed by atoms with Crippen LogP contribution >= 0.6 is 0 Å². The van der Waals surface area contributed by atoms with E-state index in [0.29, 0.717) is 11.1 Å². The van der Waals surface area contributed by atoms with Crippen molar-refractivity contribution >= 4 is 11.8 Å². The second kappa shape index (κ2) is 10.2. The summed E-state index contributed by atoms with van der Waals surface area (Å²) in [5, 5.41) is 2.80. The summed E-state index contributed by atoms with van der Waals surface area (Å²) >= 11 is 0. The number of rotatable bonds is 2. The third kappa shape index (κ3) is 7.93. The molecule has 3 N–H and O–H groups in total. The smallest absolute Gasteiger partial charge is 0.254 e. The van der Waals surface area contributed by atoms with Crippen LogP contribution in [-0.2, 0) is 10.8 Å². The zero-order valence-electron chi connectivity index (χ0n) is 22.5. The molecular weight excluding hydrogens is 434 g/mol. The molecule has 0 bridgehead atoms. The molecule has 2 aromatic rings. The number of nitrogens with one attached hydrogen (secondary N) is 1. The minimum Gasteiger partial charge on any atom is -0.365 e. The number of benzene rings is 2. The van der Waals surface area contributed by atoms with Crippen LogP contribution in [0.2, 0.25) is 0 Å². The van der Waals surface area contributed by atoms with Gasteiger partial charge in [0.2, 0.25) is 0 Å². The maximum Gasteiger partial charge on any atom is 0.254 e. The Bertz CT molecular complexity index is 1020. The Kier molecular flexibility index (Phi) is 8.82. The van der Waals surface area contributed by atoms with Gasteiger partial charge in [-0.1, -0.05) is 53.7 Å². The molecule has 0 fully saturated rings. The second-order valence-electron chi connectivity index (χ2n) is 11.9. The maximum atomic E-state index is 14.2. The van der Waals surface area contributed by atoms with Gasteiger partial charge in [0.25, 0.3) is 11.8 Å². The number of primary amides is 1. The van der Waals surface area contributed by atoms with E-state index in [1.54, 1.807) is 13.8 Å². The van der Waals surface area contributed by atoms with Gasteiger partial charge in [-0.2, -0.15) is 0 Å². The summed E-state index contributed by atoms with van der Waals surface area (Å²) in [6.07, 6.45) is 0. The largest absolute Gasteiger partial charge is 0.365 e. The van der Waals surface area contributed by atoms with E-state index in [0.717, 1.165) is 11.1 Å². The fraction of sp³-hybridized carbons (Fsp3) is 0.500. The van der Waals surface area contributed by atoms with Crippen LogP contribution in [0.3, 0.4) is 0 Å². The summed E-state index contributed by atoms with van der Waals surface area (Å²) in [6, 6.07) is 6.54. The summed E-state index contributed by atoms with van der Waals surface area (Å²) in [5.41, 5.74) is 7.60. The van der Waals surface area contributed by atoms with Crippen LogP contribution in [-0.4, -0.2) is 17.4 Å². The molecule has 2 aromatic carbocycles. The SMILES string of the molecule is Cc1cc(C(C)(C)C)cc(F)c1C(=O)NC(C)(C)C.Cc1cc(C(C)(C)C)cc(F)c1C(N)=O. The Morgan fingerprint density at radius 2 is 1.06 bits per heavy atom. The number of hydrogen-bond donors (Lipinski definition) is 2. The van der Waals surface area contributed by atoms with Crippen molar-refractivity contribution in [2.75, 3.05) is 0 Å². The Labute approximate surface area is 203 Å². The molecule has 0 unspecified atom stereocenters. The number of halogens is 2. The highest BCUT2D eigenvalue weighted by Crippen LogP contribution is 2.27. The van der Waals surface area contributed by atoms with Crippen molar-refractivity contribution in [3.8, 4) is 0 Å². The predicted octanol–water partition coefficient (Wildman–Crippen LogP) is 6.49. The Balaban J connectivity index is 0.000000350. The van der Waals surface area contributed by atoms with E-state index in [1.165, 1.54) is 12.1 Å². The summed E-state index contributed by atoms with van der Waals surface area (Å²) in [7, 11) is 0. The van der Waals surface area contributed by atoms with Gasteiger partial charge in [-0.15, -0.1) is 0 Å². The first kappa shape index (κ1) is 29.3. The number of carbonyl (C=O) groups is 2. The summed E-state index contributed by atoms with van der Waals surface area (Å²) in [4.78, 5) is 23.1. The van der Waals surface area contributed by atoms with Gasteiger partial charge in [0, 0.05) is 5.54 Å². The highest BCUT2D eigenvalue weighted by molar-refractivity contribution is 5.96. The normalized spacial score (nSPS) is 12.0. The molecular formula is C28H40F2N2O2. The van der Waals surface area contributed by atoms with Crippen molar-refractivity contribution in [1.82, 2.24) is 5.32 Å². The summed E-state index contributed by atoms with van der Waals surface area (Å²) in [6.45, 7) is 21.1. The molecule has 2 amide bonds. The number of aryl methyl sites for hydroxylation is 2. The molecule has 0 atom stereocenters. The van der Waals surface area contributed by atoms with Gasteiger partial charge < -0.3 is 11.1 Å². The van der Waals surface area contributed by atoms with Gasteiger partial charge >= 0.3 is 0 Å². The second-order valence-corrected chi connectivity index (χ2v) is 11.9. The molecule has 0 spiro atoms. The highest BCUT2D eigenvalue weighted by Gasteiger charge is 2.23. The van der Waals surface area contributed by atoms with Crippen molar-refractivity contribution in [1.29, 1.82) is 0 Å². The van der Waals surface area contributed by atoms with Crippen LogP contribution in [0.5, 0.6) is 0 Å². The average molecular weight is 475 g/mol. The maximum absolute atomic E-state index is 14.2. The van der Waals surface area contributed by atoms with Crippen LogP contribution in [0.4, 0.5) is 8.78 Å². The van der Waals surface area contributed by atoms with Gasteiger partial charge in [0.05, 0.1) is 11.1 Å². The summed E-state index contributed by atoms with van der Waals surface area (Å²) < 4.78 is 27.8. The van der Waals surface area contributed by atoms with Crippen LogP contribution in [0, 0.1) is 25.5 Å². The molecule has 0 aliphatic heterocycles. The van der Waals surface area contributed by atoms with E-state index >= 15 is 0 Å². The van der Waals surface area contributed by atoms with E-state index in [2.05, 4.69) is 5.32 Å². The summed E-state index contributed by atoms with van der Waals surface area (Å²) in [5.74, 6) is -2.06. The van der Waals surface area contributed by atoms with Gasteiger partial charge in [-0.3, -0.25) is 9.59 Å². The number of nitrogens with two attached hydrogens (primary N) is 1. The lowest BCUT2D eigenvalue weighted by atomic mass is 9.85. The van der Waals surface area contributed by atoms with Crippen LogP contribution in [0.15, 0.2) is 24.3 Å². The van der Waals surface area contributed by atoms with E-state index in [-0.39, 0.29) is 33.4 Å². The van der Waals surface area contributed by atoms with E-state index in [4.69, 9.17) is 5.73 Å². The Morgan fingerprint density at radius 3 is 1.32 bits per heavy atom. The van der Waals surface area contributed by atoms with Crippen LogP contribution in [0.1, 0.15) is 105 Å². The fourth-order valence-electron chi connectivity index (χ4n) is 3.36. The van der Waals surface area contributed by atoms with Crippen molar-refractivity contribution in [2.24, 2.45) is 5.73 Å². The first-order chi connectivity index (χ1) is 15.1. The van der Waals surface area contributed by atoms with Crippen LogP contribution in [0.25, 0.3) is 0 Å². The zero-order valence-corrected chi connectivity index (χ0v) is 22.5. The van der Waals surface area contributed by atoms with Gasteiger partial charge in [-0.25, -0.2) is 8.78 Å². The van der Waals surface area contributed by atoms with Crippen molar-refractivity contribution in [2.45, 2.75) is 92.5 Å². The third-order valence-corrected chi connectivity index (χ3v) is 5.27. The van der Waals surface area contributed by atoms with E-state index in [1.807, 2.05) is 74.4 Å². The number of hydrogen-bond acceptors (Lipinski definition) is 2. The van der Waals surface area contributed by atoms with Crippen LogP contribution < -0.4 is 11.1 Å². The number of amides is 2. The Morgan fingerprint density at radius 1 is 0.706 bits per heavy atom. The molecule has 34 heavy (non-hydrogen) atoms. The molecule has 4 nitrogen and oxygen atoms in total. The monoisotopic (exact) mass is 474 g/mol. The first-order valence-electron chi connectivity index (χ1n) is 11.4. The fourth-order valence-corrected chi connectivity index (χ4v) is 3.36. The predicted molar refractivity (Wildman–Crippen MR) is 135 cm³/mol. The lowest BCUT2D eigenvalue weighted by Gasteiger charge is -2.23. The minimum absolute atomic E-state index is 0.0111. The van der Waals surface area contributed by atoms with Crippen molar-refractivity contribution in [3.05, 3.63) is 69.3 Å². The molecule has 0 radical (unpaired) electrons. The van der Waals surface area contributed by atoms with Gasteiger partial charge in [-0.05, 0) is 79.8 Å². The molecule has 6 heteroatoms. The van der Waals surface area contributed by atoms with Gasteiger partial charge in [0.1, 0.15) is 11.6 Å². The molecule has 0 heterocycles. The molecule has 0 aliphatic rings. The quantitative estimate of drug-likeness (QED) is 0.522. The topological polar surface area (TPSA) is 72.2 Å². The van der Waals surface area contributed by atoms with Gasteiger partial charge in [0.15, 0.2) is 0 Å². The van der Waals surface area contributed by atoms with E-state index in [9.17, 15) is 18.4 Å². The van der Waals surface area contributed by atoms with E-state index < -0.39 is 17.5 Å². The zero-order chi connectivity index (χ0) is 26.8. The lowest BCUT2D eigenvalue weighted by molar-refractivity contribution is 0.0913. The lowest BCUT2D eigenvalue weighted by Crippen LogP contribution is -2.41. The molecule has 0 saturated heterocycles. The molecule has 0 aliphatic carbocycles. The van der Waals surface area contributed by atoms with Crippen molar-refractivity contribution in [3.63, 3.8) is 0 Å². The standard InChI is InChI=1S/C16H24FNO.C12H16FNO/c1-10-8-11(15(2,3)4)9-12(17)13(10)14(19)18-16(5,6)7;1-7-5-8(12(2,3)4)6-9(13)10(7)11(14)15/h8-9H,1-7H3,(H,18,19);5-6H,1-4H3,(H2,14,15). The molecule has 2 rings (SSSR count). The average Bonchev–Trinajstić information content (AvgIpc) is 2.57. The molecule has 0 saturated carbocycles. The Hall–Kier alpha value is -2.76. The highest BCUT2D eigenvalue weighted by atomic mass is 19.1.